The van der Waals surface area contributed by atoms with E-state index in [4.69, 9.17) is 4.74 Å². The van der Waals surface area contributed by atoms with Crippen LogP contribution in [0.3, 0.4) is 0 Å². The minimum Gasteiger partial charge on any atom is -0.366 e. The van der Waals surface area contributed by atoms with Gasteiger partial charge in [-0.15, -0.1) is 0 Å². The molecule has 0 aliphatic rings. The standard InChI is InChI=1S/C11H12N2O3/c1-16-11(15)7-13-9-3-2-6-12-8(9)4-5-10(13)14/h2-6,11,15H,7H2,1H3/t11-/m1/s1. The van der Waals surface area contributed by atoms with Gasteiger partial charge in [0.25, 0.3) is 5.56 Å². The molecular weight excluding hydrogens is 208 g/mol. The summed E-state index contributed by atoms with van der Waals surface area (Å²) < 4.78 is 6.17. The molecule has 0 saturated heterocycles. The lowest BCUT2D eigenvalue weighted by Gasteiger charge is -2.12. The van der Waals surface area contributed by atoms with E-state index in [9.17, 15) is 9.90 Å². The Morgan fingerprint density at radius 3 is 3.06 bits per heavy atom. The highest BCUT2D eigenvalue weighted by Gasteiger charge is 2.08. The van der Waals surface area contributed by atoms with E-state index >= 15 is 0 Å². The number of aromatic nitrogens is 2. The average Bonchev–Trinajstić information content (AvgIpc) is 2.32. The fraction of sp³-hybridized carbons (Fsp3) is 0.273. The number of fused-ring (bicyclic) bond motifs is 1. The minimum atomic E-state index is -0.997. The monoisotopic (exact) mass is 220 g/mol. The Morgan fingerprint density at radius 2 is 2.31 bits per heavy atom. The van der Waals surface area contributed by atoms with Crippen molar-refractivity contribution in [2.75, 3.05) is 7.11 Å². The first-order valence-corrected chi connectivity index (χ1v) is 4.88. The lowest BCUT2D eigenvalue weighted by atomic mass is 10.3. The number of methoxy groups -OCH3 is 1. The van der Waals surface area contributed by atoms with Gasteiger partial charge in [0.15, 0.2) is 6.29 Å². The molecule has 5 nitrogen and oxygen atoms in total. The van der Waals surface area contributed by atoms with Crippen LogP contribution in [-0.4, -0.2) is 28.1 Å². The molecule has 0 amide bonds. The first-order chi connectivity index (χ1) is 7.72. The van der Waals surface area contributed by atoms with Crippen molar-refractivity contribution in [3.63, 3.8) is 0 Å². The molecule has 0 aliphatic heterocycles. The number of hydrogen-bond acceptors (Lipinski definition) is 4. The van der Waals surface area contributed by atoms with Crippen molar-refractivity contribution in [3.8, 4) is 0 Å². The van der Waals surface area contributed by atoms with E-state index in [0.29, 0.717) is 11.0 Å². The number of aliphatic hydroxyl groups excluding tert-OH is 1. The second kappa shape index (κ2) is 4.42. The fourth-order valence-electron chi connectivity index (χ4n) is 1.54. The second-order valence-electron chi connectivity index (χ2n) is 3.38. The molecule has 0 spiro atoms. The quantitative estimate of drug-likeness (QED) is 0.758. The molecule has 1 N–H and O–H groups in total. The van der Waals surface area contributed by atoms with Crippen molar-refractivity contribution >= 4 is 11.0 Å². The van der Waals surface area contributed by atoms with Crippen molar-refractivity contribution < 1.29 is 9.84 Å². The number of nitrogens with zero attached hydrogens (tertiary/aromatic N) is 2. The number of hydrogen-bond donors (Lipinski definition) is 1. The van der Waals surface area contributed by atoms with Crippen LogP contribution in [0.5, 0.6) is 0 Å². The van der Waals surface area contributed by atoms with Crippen LogP contribution < -0.4 is 5.56 Å². The van der Waals surface area contributed by atoms with Gasteiger partial charge < -0.3 is 14.4 Å². The van der Waals surface area contributed by atoms with E-state index < -0.39 is 6.29 Å². The number of rotatable bonds is 3. The van der Waals surface area contributed by atoms with Gasteiger partial charge in [0, 0.05) is 19.4 Å². The second-order valence-corrected chi connectivity index (χ2v) is 3.38. The Kier molecular flexibility index (Phi) is 2.98. The first-order valence-electron chi connectivity index (χ1n) is 4.88. The van der Waals surface area contributed by atoms with E-state index in [1.54, 1.807) is 24.4 Å². The Bertz CT molecular complexity index is 550. The third-order valence-electron chi connectivity index (χ3n) is 2.37. The molecule has 84 valence electrons. The van der Waals surface area contributed by atoms with E-state index in [1.807, 2.05) is 0 Å². The molecule has 2 heterocycles. The smallest absolute Gasteiger partial charge is 0.251 e. The van der Waals surface area contributed by atoms with E-state index in [1.165, 1.54) is 17.7 Å². The predicted octanol–water partition coefficient (Wildman–Crippen LogP) is 0.361. The van der Waals surface area contributed by atoms with E-state index in [0.717, 1.165) is 0 Å². The summed E-state index contributed by atoms with van der Waals surface area (Å²) >= 11 is 0. The van der Waals surface area contributed by atoms with Gasteiger partial charge in [0.2, 0.25) is 0 Å². The van der Waals surface area contributed by atoms with Crippen molar-refractivity contribution in [1.29, 1.82) is 0 Å². The van der Waals surface area contributed by atoms with Crippen LogP contribution in [0.25, 0.3) is 11.0 Å². The van der Waals surface area contributed by atoms with Crippen molar-refractivity contribution in [3.05, 3.63) is 40.8 Å². The third kappa shape index (κ3) is 1.95. The summed E-state index contributed by atoms with van der Waals surface area (Å²) in [6.07, 6.45) is 0.660. The normalized spacial score (nSPS) is 12.9. The van der Waals surface area contributed by atoms with Crippen molar-refractivity contribution in [2.24, 2.45) is 0 Å². The van der Waals surface area contributed by atoms with Gasteiger partial charge in [-0.2, -0.15) is 0 Å². The number of pyridine rings is 2. The molecule has 16 heavy (non-hydrogen) atoms. The lowest BCUT2D eigenvalue weighted by molar-refractivity contribution is -0.0832. The van der Waals surface area contributed by atoms with Gasteiger partial charge in [0.05, 0.1) is 17.6 Å². The zero-order valence-electron chi connectivity index (χ0n) is 8.83. The molecule has 0 radical (unpaired) electrons. The SMILES string of the molecule is CO[C@@H](O)Cn1c(=O)ccc2ncccc21. The van der Waals surface area contributed by atoms with Gasteiger partial charge in [-0.3, -0.25) is 9.78 Å². The molecule has 0 saturated carbocycles. The number of ether oxygens (including phenoxy) is 1. The summed E-state index contributed by atoms with van der Waals surface area (Å²) in [6.45, 7) is 0.0956. The summed E-state index contributed by atoms with van der Waals surface area (Å²) in [4.78, 5) is 15.8. The topological polar surface area (TPSA) is 64.3 Å². The molecule has 0 unspecified atom stereocenters. The first kappa shape index (κ1) is 10.8. The van der Waals surface area contributed by atoms with Crippen LogP contribution in [0.2, 0.25) is 0 Å². The van der Waals surface area contributed by atoms with Gasteiger partial charge in [-0.1, -0.05) is 0 Å². The summed E-state index contributed by atoms with van der Waals surface area (Å²) in [5.74, 6) is 0. The van der Waals surface area contributed by atoms with Crippen LogP contribution >= 0.6 is 0 Å². The molecule has 2 aromatic heterocycles. The zero-order valence-corrected chi connectivity index (χ0v) is 8.83. The fourth-order valence-corrected chi connectivity index (χ4v) is 1.54. The maximum atomic E-state index is 11.7. The summed E-state index contributed by atoms with van der Waals surface area (Å²) in [6, 6.07) is 6.62. The highest BCUT2D eigenvalue weighted by Crippen LogP contribution is 2.08. The van der Waals surface area contributed by atoms with Crippen molar-refractivity contribution in [1.82, 2.24) is 9.55 Å². The summed E-state index contributed by atoms with van der Waals surface area (Å²) in [7, 11) is 1.39. The number of aliphatic hydroxyl groups is 1. The molecule has 0 fully saturated rings. The van der Waals surface area contributed by atoms with Crippen molar-refractivity contribution in [2.45, 2.75) is 12.8 Å². The Morgan fingerprint density at radius 1 is 1.50 bits per heavy atom. The molecule has 2 rings (SSSR count). The maximum Gasteiger partial charge on any atom is 0.251 e. The van der Waals surface area contributed by atoms with Gasteiger partial charge >= 0.3 is 0 Å². The Labute approximate surface area is 91.9 Å². The average molecular weight is 220 g/mol. The minimum absolute atomic E-state index is 0.0956. The Balaban J connectivity index is 2.57. The highest BCUT2D eigenvalue weighted by molar-refractivity contribution is 5.73. The molecule has 1 atom stereocenters. The molecule has 2 aromatic rings. The third-order valence-corrected chi connectivity index (χ3v) is 2.37. The van der Waals surface area contributed by atoms with Crippen LogP contribution in [0.4, 0.5) is 0 Å². The summed E-state index contributed by atoms with van der Waals surface area (Å²) in [5, 5.41) is 9.39. The molecule has 5 heteroatoms. The van der Waals surface area contributed by atoms with Gasteiger partial charge in [-0.05, 0) is 18.2 Å². The highest BCUT2D eigenvalue weighted by atomic mass is 16.6. The van der Waals surface area contributed by atoms with Crippen LogP contribution in [0.15, 0.2) is 35.3 Å². The molecule has 0 bridgehead atoms. The van der Waals surface area contributed by atoms with Gasteiger partial charge in [0.1, 0.15) is 0 Å². The zero-order chi connectivity index (χ0) is 11.5. The van der Waals surface area contributed by atoms with E-state index in [-0.39, 0.29) is 12.1 Å². The molecule has 0 aromatic carbocycles. The largest absolute Gasteiger partial charge is 0.366 e. The maximum absolute atomic E-state index is 11.7. The summed E-state index contributed by atoms with van der Waals surface area (Å²) in [5.41, 5.74) is 1.22. The van der Waals surface area contributed by atoms with Crippen LogP contribution in [0, 0.1) is 0 Å². The van der Waals surface area contributed by atoms with Gasteiger partial charge in [-0.25, -0.2) is 0 Å². The lowest BCUT2D eigenvalue weighted by Crippen LogP contribution is -2.27. The van der Waals surface area contributed by atoms with Crippen LogP contribution in [-0.2, 0) is 11.3 Å². The Hall–Kier alpha value is -1.72. The predicted molar refractivity (Wildman–Crippen MR) is 59.0 cm³/mol. The van der Waals surface area contributed by atoms with E-state index in [2.05, 4.69) is 4.98 Å². The molecular formula is C11H12N2O3. The van der Waals surface area contributed by atoms with Crippen LogP contribution in [0.1, 0.15) is 0 Å². The molecule has 0 aliphatic carbocycles.